The third kappa shape index (κ3) is 5.30. The van der Waals surface area contributed by atoms with Crippen LogP contribution in [-0.4, -0.2) is 42.8 Å². The third-order valence-corrected chi connectivity index (χ3v) is 3.10. The van der Waals surface area contributed by atoms with E-state index in [2.05, 4.69) is 21.2 Å². The number of benzene rings is 1. The normalized spacial score (nSPS) is 15.2. The molecule has 0 saturated heterocycles. The van der Waals surface area contributed by atoms with Crippen LogP contribution in [0.4, 0.5) is 18.9 Å². The Hall–Kier alpha value is -0.790. The molecule has 1 unspecified atom stereocenters. The van der Waals surface area contributed by atoms with Gasteiger partial charge in [-0.1, -0.05) is 15.9 Å². The first kappa shape index (κ1) is 17.3. The predicted octanol–water partition coefficient (Wildman–Crippen LogP) is 3.19. The maximum absolute atomic E-state index is 12.9. The zero-order valence-corrected chi connectivity index (χ0v) is 13.1. The van der Waals surface area contributed by atoms with Crippen molar-refractivity contribution in [2.24, 2.45) is 0 Å². The topological polar surface area (TPSA) is 35.5 Å². The Morgan fingerprint density at radius 2 is 1.90 bits per heavy atom. The summed E-state index contributed by atoms with van der Waals surface area (Å²) in [6.07, 6.45) is -4.44. The van der Waals surface area contributed by atoms with Crippen molar-refractivity contribution in [3.63, 3.8) is 0 Å². The summed E-state index contributed by atoms with van der Waals surface area (Å²) in [6.45, 7) is 1.94. The predicted molar refractivity (Wildman–Crippen MR) is 76.8 cm³/mol. The Balaban J connectivity index is 2.88. The van der Waals surface area contributed by atoms with E-state index in [9.17, 15) is 18.3 Å². The number of anilines is 1. The molecule has 0 aliphatic rings. The summed E-state index contributed by atoms with van der Waals surface area (Å²) in [7, 11) is 3.57. The molecule has 0 aliphatic carbocycles. The number of likely N-dealkylation sites (N-methyl/N-ethyl adjacent to an activating group) is 1. The summed E-state index contributed by atoms with van der Waals surface area (Å²) in [5.41, 5.74) is -1.92. The standard InChI is InChI=1S/C13H18BrF3N2O/c1-12(20,8-19(2)3)7-18-11-5-4-9(14)6-10(11)13(15,16)17/h4-6,18,20H,7-8H2,1-3H3. The first-order valence-corrected chi connectivity index (χ1v) is 6.78. The van der Waals surface area contributed by atoms with Crippen LogP contribution in [0.3, 0.4) is 0 Å². The van der Waals surface area contributed by atoms with Crippen molar-refractivity contribution in [3.05, 3.63) is 28.2 Å². The van der Waals surface area contributed by atoms with Crippen LogP contribution in [0.1, 0.15) is 12.5 Å². The van der Waals surface area contributed by atoms with Gasteiger partial charge in [-0.25, -0.2) is 0 Å². The minimum Gasteiger partial charge on any atom is -0.387 e. The Kier molecular flexibility index (Phi) is 5.46. The highest BCUT2D eigenvalue weighted by Gasteiger charge is 2.34. The van der Waals surface area contributed by atoms with Crippen molar-refractivity contribution < 1.29 is 18.3 Å². The van der Waals surface area contributed by atoms with Gasteiger partial charge in [-0.2, -0.15) is 13.2 Å². The molecule has 0 heterocycles. The van der Waals surface area contributed by atoms with E-state index in [1.165, 1.54) is 12.1 Å². The number of rotatable bonds is 5. The van der Waals surface area contributed by atoms with Gasteiger partial charge < -0.3 is 15.3 Å². The van der Waals surface area contributed by atoms with Gasteiger partial charge in [-0.15, -0.1) is 0 Å². The second-order valence-corrected chi connectivity index (χ2v) is 6.19. The summed E-state index contributed by atoms with van der Waals surface area (Å²) in [5, 5.41) is 12.8. The molecule has 1 aromatic rings. The van der Waals surface area contributed by atoms with Gasteiger partial charge in [-0.05, 0) is 39.2 Å². The van der Waals surface area contributed by atoms with Crippen LogP contribution >= 0.6 is 15.9 Å². The van der Waals surface area contributed by atoms with E-state index >= 15 is 0 Å². The molecule has 0 spiro atoms. The molecule has 114 valence electrons. The van der Waals surface area contributed by atoms with Crippen LogP contribution in [0, 0.1) is 0 Å². The highest BCUT2D eigenvalue weighted by atomic mass is 79.9. The lowest BCUT2D eigenvalue weighted by atomic mass is 10.1. The van der Waals surface area contributed by atoms with Gasteiger partial charge in [0, 0.05) is 23.2 Å². The van der Waals surface area contributed by atoms with Crippen molar-refractivity contribution >= 4 is 21.6 Å². The molecule has 20 heavy (non-hydrogen) atoms. The van der Waals surface area contributed by atoms with E-state index in [1.807, 2.05) is 0 Å². The molecule has 0 aliphatic heterocycles. The molecule has 0 aromatic heterocycles. The molecule has 0 bridgehead atoms. The molecule has 7 heteroatoms. The third-order valence-electron chi connectivity index (χ3n) is 2.60. The first-order valence-electron chi connectivity index (χ1n) is 5.99. The molecule has 1 rings (SSSR count). The van der Waals surface area contributed by atoms with Gasteiger partial charge in [0.05, 0.1) is 11.2 Å². The number of nitrogens with one attached hydrogen (secondary N) is 1. The number of alkyl halides is 3. The largest absolute Gasteiger partial charge is 0.418 e. The quantitative estimate of drug-likeness (QED) is 0.852. The van der Waals surface area contributed by atoms with Crippen LogP contribution < -0.4 is 5.32 Å². The van der Waals surface area contributed by atoms with Crippen LogP contribution in [0.25, 0.3) is 0 Å². The highest BCUT2D eigenvalue weighted by molar-refractivity contribution is 9.10. The molecule has 0 radical (unpaired) electrons. The van der Waals surface area contributed by atoms with Crippen LogP contribution in [0.2, 0.25) is 0 Å². The zero-order chi connectivity index (χ0) is 15.6. The Morgan fingerprint density at radius 1 is 1.30 bits per heavy atom. The lowest BCUT2D eigenvalue weighted by Crippen LogP contribution is -2.43. The molecule has 3 nitrogen and oxygen atoms in total. The fraction of sp³-hybridized carbons (Fsp3) is 0.538. The minimum absolute atomic E-state index is 0.0237. The highest BCUT2D eigenvalue weighted by Crippen LogP contribution is 2.36. The van der Waals surface area contributed by atoms with Gasteiger partial charge in [0.2, 0.25) is 0 Å². The van der Waals surface area contributed by atoms with E-state index in [4.69, 9.17) is 0 Å². The van der Waals surface area contributed by atoms with E-state index in [1.54, 1.807) is 25.9 Å². The number of nitrogens with zero attached hydrogens (tertiary/aromatic N) is 1. The molecular formula is C13H18BrF3N2O. The van der Waals surface area contributed by atoms with E-state index in [0.717, 1.165) is 6.07 Å². The minimum atomic E-state index is -4.44. The Labute approximate surface area is 124 Å². The Bertz CT molecular complexity index is 461. The molecule has 2 N–H and O–H groups in total. The number of hydrogen-bond acceptors (Lipinski definition) is 3. The molecule has 1 aromatic carbocycles. The van der Waals surface area contributed by atoms with Crippen molar-refractivity contribution in [1.29, 1.82) is 0 Å². The lowest BCUT2D eigenvalue weighted by Gasteiger charge is -2.28. The summed E-state index contributed by atoms with van der Waals surface area (Å²) in [6, 6.07) is 3.89. The molecule has 0 amide bonds. The average Bonchev–Trinajstić information content (AvgIpc) is 2.24. The monoisotopic (exact) mass is 354 g/mol. The van der Waals surface area contributed by atoms with Crippen molar-refractivity contribution in [3.8, 4) is 0 Å². The van der Waals surface area contributed by atoms with Gasteiger partial charge in [0.15, 0.2) is 0 Å². The molecule has 0 saturated carbocycles. The molecule has 1 atom stereocenters. The SMILES string of the molecule is CN(C)CC(C)(O)CNc1ccc(Br)cc1C(F)(F)F. The summed E-state index contributed by atoms with van der Waals surface area (Å²) < 4.78 is 39.1. The first-order chi connectivity index (χ1) is 9.01. The Morgan fingerprint density at radius 3 is 2.40 bits per heavy atom. The fourth-order valence-corrected chi connectivity index (χ4v) is 2.29. The van der Waals surface area contributed by atoms with Crippen LogP contribution in [-0.2, 0) is 6.18 Å². The summed E-state index contributed by atoms with van der Waals surface area (Å²) in [4.78, 5) is 1.77. The number of aliphatic hydroxyl groups is 1. The summed E-state index contributed by atoms with van der Waals surface area (Å²) >= 11 is 3.03. The lowest BCUT2D eigenvalue weighted by molar-refractivity contribution is -0.137. The average molecular weight is 355 g/mol. The summed E-state index contributed by atoms with van der Waals surface area (Å²) in [5.74, 6) is 0. The smallest absolute Gasteiger partial charge is 0.387 e. The zero-order valence-electron chi connectivity index (χ0n) is 11.6. The van der Waals surface area contributed by atoms with Crippen molar-refractivity contribution in [2.45, 2.75) is 18.7 Å². The maximum Gasteiger partial charge on any atom is 0.418 e. The number of halogens is 4. The van der Waals surface area contributed by atoms with Crippen LogP contribution in [0.15, 0.2) is 22.7 Å². The van der Waals surface area contributed by atoms with E-state index in [-0.39, 0.29) is 12.2 Å². The van der Waals surface area contributed by atoms with Gasteiger partial charge in [-0.3, -0.25) is 0 Å². The molecular weight excluding hydrogens is 337 g/mol. The second-order valence-electron chi connectivity index (χ2n) is 5.28. The van der Waals surface area contributed by atoms with Gasteiger partial charge in [0.1, 0.15) is 0 Å². The van der Waals surface area contributed by atoms with Gasteiger partial charge in [0.25, 0.3) is 0 Å². The number of hydrogen-bond donors (Lipinski definition) is 2. The van der Waals surface area contributed by atoms with Crippen molar-refractivity contribution in [1.82, 2.24) is 4.90 Å². The van der Waals surface area contributed by atoms with Crippen LogP contribution in [0.5, 0.6) is 0 Å². The van der Waals surface area contributed by atoms with E-state index in [0.29, 0.717) is 11.0 Å². The second kappa shape index (κ2) is 6.32. The van der Waals surface area contributed by atoms with E-state index < -0.39 is 17.3 Å². The van der Waals surface area contributed by atoms with Crippen molar-refractivity contribution in [2.75, 3.05) is 32.5 Å². The van der Waals surface area contributed by atoms with Gasteiger partial charge >= 0.3 is 6.18 Å². The fourth-order valence-electron chi connectivity index (χ4n) is 1.93. The molecule has 0 fully saturated rings. The maximum atomic E-state index is 12.9.